The van der Waals surface area contributed by atoms with Crippen molar-refractivity contribution in [2.75, 3.05) is 12.9 Å². The minimum atomic E-state index is -3.46. The fourth-order valence-electron chi connectivity index (χ4n) is 2.28. The second-order valence-electron chi connectivity index (χ2n) is 4.54. The van der Waals surface area contributed by atoms with E-state index in [2.05, 4.69) is 0 Å². The zero-order chi connectivity index (χ0) is 14.0. The van der Waals surface area contributed by atoms with Crippen LogP contribution in [0, 0.1) is 5.82 Å². The molecule has 1 aliphatic rings. The van der Waals surface area contributed by atoms with Crippen LogP contribution in [0.2, 0.25) is 0 Å². The molecule has 1 saturated heterocycles. The van der Waals surface area contributed by atoms with E-state index in [9.17, 15) is 17.6 Å². The van der Waals surface area contributed by atoms with Gasteiger partial charge in [-0.2, -0.15) is 0 Å². The molecule has 1 heterocycles. The topological polar surface area (TPSA) is 60.4 Å². The molecule has 2 rings (SSSR count). The number of Topliss-reactive ketones (excluding diaryl/α,β-unsaturated/α-hetero) is 1. The first-order valence-corrected chi connectivity index (χ1v) is 7.77. The summed E-state index contributed by atoms with van der Waals surface area (Å²) in [4.78, 5) is 12.2. The summed E-state index contributed by atoms with van der Waals surface area (Å²) in [5.74, 6) is -1.53. The van der Waals surface area contributed by atoms with Crippen molar-refractivity contribution in [1.29, 1.82) is 0 Å². The number of carbonyl (C=O) groups excluding carboxylic acids is 1. The number of rotatable bonds is 3. The zero-order valence-corrected chi connectivity index (χ0v) is 11.4. The predicted molar refractivity (Wildman–Crippen MR) is 68.7 cm³/mol. The van der Waals surface area contributed by atoms with Gasteiger partial charge < -0.3 is 4.74 Å². The summed E-state index contributed by atoms with van der Waals surface area (Å²) in [6, 6.07) is 4.16. The van der Waals surface area contributed by atoms with Gasteiger partial charge in [0.05, 0.1) is 18.4 Å². The molecule has 0 amide bonds. The lowest BCUT2D eigenvalue weighted by Gasteiger charge is -2.21. The van der Waals surface area contributed by atoms with Crippen LogP contribution < -0.4 is 4.74 Å². The van der Waals surface area contributed by atoms with Gasteiger partial charge in [0.1, 0.15) is 5.25 Å². The average Bonchev–Trinajstić information content (AvgIpc) is 2.38. The van der Waals surface area contributed by atoms with E-state index in [1.54, 1.807) is 0 Å². The third-order valence-corrected chi connectivity index (χ3v) is 5.49. The first-order valence-electron chi connectivity index (χ1n) is 6.05. The molecule has 19 heavy (non-hydrogen) atoms. The van der Waals surface area contributed by atoms with Crippen molar-refractivity contribution < 1.29 is 22.3 Å². The minimum absolute atomic E-state index is 0.00497. The van der Waals surface area contributed by atoms with Gasteiger partial charge in [0.15, 0.2) is 27.2 Å². The van der Waals surface area contributed by atoms with E-state index in [4.69, 9.17) is 4.74 Å². The number of halogens is 1. The van der Waals surface area contributed by atoms with Crippen LogP contribution in [0.4, 0.5) is 4.39 Å². The molecule has 1 aromatic rings. The molecule has 1 atom stereocenters. The molecular formula is C13H15FO4S. The Kier molecular flexibility index (Phi) is 3.89. The maximum atomic E-state index is 14.0. The first kappa shape index (κ1) is 14.0. The second kappa shape index (κ2) is 5.28. The summed E-state index contributed by atoms with van der Waals surface area (Å²) >= 11 is 0. The van der Waals surface area contributed by atoms with E-state index < -0.39 is 26.7 Å². The van der Waals surface area contributed by atoms with Crippen molar-refractivity contribution in [1.82, 2.24) is 0 Å². The Balaban J connectivity index is 2.39. The van der Waals surface area contributed by atoms with Crippen molar-refractivity contribution in [2.45, 2.75) is 24.5 Å². The van der Waals surface area contributed by atoms with Crippen LogP contribution >= 0.6 is 0 Å². The number of ether oxygens (including phenoxy) is 1. The van der Waals surface area contributed by atoms with Crippen molar-refractivity contribution in [3.05, 3.63) is 29.6 Å². The fourth-order valence-corrected chi connectivity index (χ4v) is 4.15. The van der Waals surface area contributed by atoms with Gasteiger partial charge in [-0.1, -0.05) is 12.5 Å². The van der Waals surface area contributed by atoms with E-state index >= 15 is 0 Å². The van der Waals surface area contributed by atoms with E-state index in [0.29, 0.717) is 12.8 Å². The van der Waals surface area contributed by atoms with Gasteiger partial charge in [-0.25, -0.2) is 12.8 Å². The molecule has 1 fully saturated rings. The van der Waals surface area contributed by atoms with Gasteiger partial charge in [-0.05, 0) is 25.0 Å². The quantitative estimate of drug-likeness (QED) is 0.797. The summed E-state index contributed by atoms with van der Waals surface area (Å²) in [6.45, 7) is 0. The summed E-state index contributed by atoms with van der Waals surface area (Å²) in [5, 5.41) is -1.12. The predicted octanol–water partition coefficient (Wildman–Crippen LogP) is 1.98. The highest BCUT2D eigenvalue weighted by molar-refractivity contribution is 7.92. The van der Waals surface area contributed by atoms with Crippen LogP contribution in [0.3, 0.4) is 0 Å². The lowest BCUT2D eigenvalue weighted by molar-refractivity contribution is 0.0977. The Labute approximate surface area is 111 Å². The van der Waals surface area contributed by atoms with Gasteiger partial charge in [0, 0.05) is 0 Å². The van der Waals surface area contributed by atoms with Gasteiger partial charge in [0.25, 0.3) is 0 Å². The van der Waals surface area contributed by atoms with Crippen molar-refractivity contribution >= 4 is 15.6 Å². The molecule has 0 spiro atoms. The Morgan fingerprint density at radius 3 is 2.74 bits per heavy atom. The van der Waals surface area contributed by atoms with Crippen LogP contribution in [0.1, 0.15) is 29.6 Å². The smallest absolute Gasteiger partial charge is 0.184 e. The molecule has 1 aliphatic heterocycles. The average molecular weight is 286 g/mol. The molecular weight excluding hydrogens is 271 g/mol. The molecule has 0 bridgehead atoms. The molecule has 4 nitrogen and oxygen atoms in total. The Hall–Kier alpha value is -1.43. The maximum Gasteiger partial charge on any atom is 0.184 e. The lowest BCUT2D eigenvalue weighted by atomic mass is 10.0. The molecule has 0 radical (unpaired) electrons. The number of sulfone groups is 1. The molecule has 0 saturated carbocycles. The molecule has 1 aromatic carbocycles. The van der Waals surface area contributed by atoms with Crippen molar-refractivity contribution in [3.63, 3.8) is 0 Å². The highest BCUT2D eigenvalue weighted by Gasteiger charge is 2.36. The largest absolute Gasteiger partial charge is 0.494 e. The zero-order valence-electron chi connectivity index (χ0n) is 10.6. The number of benzene rings is 1. The summed E-state index contributed by atoms with van der Waals surface area (Å²) in [5.41, 5.74) is -0.213. The number of hydrogen-bond donors (Lipinski definition) is 0. The number of methoxy groups -OCH3 is 1. The monoisotopic (exact) mass is 286 g/mol. The Morgan fingerprint density at radius 2 is 2.11 bits per heavy atom. The van der Waals surface area contributed by atoms with Crippen LogP contribution in [-0.2, 0) is 9.84 Å². The van der Waals surface area contributed by atoms with Gasteiger partial charge in [0.2, 0.25) is 0 Å². The van der Waals surface area contributed by atoms with Crippen LogP contribution in [-0.4, -0.2) is 32.3 Å². The lowest BCUT2D eigenvalue weighted by Crippen LogP contribution is -2.35. The van der Waals surface area contributed by atoms with Crippen molar-refractivity contribution in [3.8, 4) is 5.75 Å². The molecule has 0 aliphatic carbocycles. The number of carbonyl (C=O) groups is 1. The maximum absolute atomic E-state index is 14.0. The summed E-state index contributed by atoms with van der Waals surface area (Å²) in [6.07, 6.45) is 1.49. The highest BCUT2D eigenvalue weighted by Crippen LogP contribution is 2.27. The standard InChI is InChI=1S/C13H15FO4S/c1-18-10-6-4-5-9(12(10)14)13(15)11-7-2-3-8-19(11,16)17/h4-6,11H,2-3,7-8H2,1H3. The highest BCUT2D eigenvalue weighted by atomic mass is 32.2. The number of hydrogen-bond acceptors (Lipinski definition) is 4. The first-order chi connectivity index (χ1) is 8.97. The molecule has 6 heteroatoms. The third-order valence-electron chi connectivity index (χ3n) is 3.32. The Morgan fingerprint density at radius 1 is 1.37 bits per heavy atom. The van der Waals surface area contributed by atoms with Gasteiger partial charge in [-0.3, -0.25) is 4.79 Å². The second-order valence-corrected chi connectivity index (χ2v) is 6.84. The van der Waals surface area contributed by atoms with Crippen molar-refractivity contribution in [2.24, 2.45) is 0 Å². The van der Waals surface area contributed by atoms with Gasteiger partial charge >= 0.3 is 0 Å². The van der Waals surface area contributed by atoms with Crippen LogP contribution in [0.5, 0.6) is 5.75 Å². The molecule has 0 aromatic heterocycles. The normalized spacial score (nSPS) is 21.9. The number of ketones is 1. The molecule has 0 N–H and O–H groups in total. The van der Waals surface area contributed by atoms with Gasteiger partial charge in [-0.15, -0.1) is 0 Å². The minimum Gasteiger partial charge on any atom is -0.494 e. The Bertz CT molecular complexity index is 595. The van der Waals surface area contributed by atoms with E-state index in [-0.39, 0.29) is 23.5 Å². The van der Waals surface area contributed by atoms with E-state index in [1.165, 1.54) is 25.3 Å². The van der Waals surface area contributed by atoms with Crippen LogP contribution in [0.25, 0.3) is 0 Å². The summed E-state index contributed by atoms with van der Waals surface area (Å²) < 4.78 is 42.6. The molecule has 104 valence electrons. The van der Waals surface area contributed by atoms with E-state index in [1.807, 2.05) is 0 Å². The molecule has 1 unspecified atom stereocenters. The van der Waals surface area contributed by atoms with E-state index in [0.717, 1.165) is 0 Å². The fraction of sp³-hybridized carbons (Fsp3) is 0.462. The summed E-state index contributed by atoms with van der Waals surface area (Å²) in [7, 11) is -2.17. The van der Waals surface area contributed by atoms with Crippen LogP contribution in [0.15, 0.2) is 18.2 Å². The SMILES string of the molecule is COc1cccc(C(=O)C2CCCCS2(=O)=O)c1F. The third kappa shape index (κ3) is 2.63.